The Morgan fingerprint density at radius 3 is 2.68 bits per heavy atom. The second-order valence-electron chi connectivity index (χ2n) is 7.12. The minimum atomic E-state index is -0.960. The first-order valence-electron chi connectivity index (χ1n) is 9.42. The molecule has 0 bridgehead atoms. The number of carboxylic acid groups (broad SMARTS) is 1. The van der Waals surface area contributed by atoms with Gasteiger partial charge in [-0.1, -0.05) is 6.07 Å². The number of aromatic carboxylic acids is 1. The van der Waals surface area contributed by atoms with E-state index >= 15 is 0 Å². The van der Waals surface area contributed by atoms with Gasteiger partial charge >= 0.3 is 5.97 Å². The topological polar surface area (TPSA) is 95.0 Å². The highest BCUT2D eigenvalue weighted by Crippen LogP contribution is 2.33. The molecule has 1 saturated heterocycles. The first kappa shape index (κ1) is 16.7. The molecule has 140 valence electrons. The number of hydrogen-bond acceptors (Lipinski definition) is 5. The van der Waals surface area contributed by atoms with Crippen molar-refractivity contribution < 1.29 is 9.90 Å². The van der Waals surface area contributed by atoms with Crippen molar-refractivity contribution in [3.63, 3.8) is 0 Å². The lowest BCUT2D eigenvalue weighted by Crippen LogP contribution is -2.31. The van der Waals surface area contributed by atoms with Crippen LogP contribution in [0.2, 0.25) is 0 Å². The van der Waals surface area contributed by atoms with Gasteiger partial charge in [0.1, 0.15) is 5.69 Å². The first-order chi connectivity index (χ1) is 13.7. The smallest absolute Gasteiger partial charge is 0.335 e. The van der Waals surface area contributed by atoms with Crippen molar-refractivity contribution in [2.75, 3.05) is 18.0 Å². The Labute approximate surface area is 161 Å². The monoisotopic (exact) mass is 373 g/mol. The van der Waals surface area contributed by atoms with E-state index in [9.17, 15) is 9.90 Å². The maximum absolute atomic E-state index is 11.4. The van der Waals surface area contributed by atoms with Crippen LogP contribution in [0.4, 0.5) is 5.82 Å². The number of nitrogens with one attached hydrogen (secondary N) is 1. The minimum Gasteiger partial charge on any atom is -0.478 e. The van der Waals surface area contributed by atoms with Crippen LogP contribution in [0.25, 0.3) is 33.2 Å². The molecular formula is C21H19N5O2. The molecule has 0 saturated carbocycles. The lowest BCUT2D eigenvalue weighted by atomic mass is 10.1. The van der Waals surface area contributed by atoms with Gasteiger partial charge in [0.2, 0.25) is 0 Å². The second-order valence-corrected chi connectivity index (χ2v) is 7.12. The van der Waals surface area contributed by atoms with Crippen LogP contribution in [0.15, 0.2) is 42.6 Å². The maximum atomic E-state index is 11.4. The number of carboxylic acids is 1. The van der Waals surface area contributed by atoms with Gasteiger partial charge in [-0.3, -0.25) is 5.10 Å². The molecule has 1 aliphatic rings. The quantitative estimate of drug-likeness (QED) is 0.566. The molecule has 0 radical (unpaired) electrons. The van der Waals surface area contributed by atoms with Gasteiger partial charge in [-0.05, 0) is 49.6 Å². The summed E-state index contributed by atoms with van der Waals surface area (Å²) in [5.41, 5.74) is 4.29. The fourth-order valence-electron chi connectivity index (χ4n) is 3.79. The Kier molecular flexibility index (Phi) is 3.93. The van der Waals surface area contributed by atoms with Gasteiger partial charge in [0.25, 0.3) is 0 Å². The molecule has 2 aromatic heterocycles. The van der Waals surface area contributed by atoms with Gasteiger partial charge in [0.15, 0.2) is 5.82 Å². The number of fused-ring (bicyclic) bond motifs is 2. The van der Waals surface area contributed by atoms with Crippen molar-refractivity contribution in [3.05, 3.63) is 48.2 Å². The summed E-state index contributed by atoms with van der Waals surface area (Å²) in [5.74, 6) is -0.143. The highest BCUT2D eigenvalue weighted by atomic mass is 16.4. The van der Waals surface area contributed by atoms with E-state index in [1.54, 1.807) is 24.4 Å². The molecule has 7 nitrogen and oxygen atoms in total. The molecule has 2 N–H and O–H groups in total. The number of rotatable bonds is 3. The average Bonchev–Trinajstić information content (AvgIpc) is 3.21. The minimum absolute atomic E-state index is 0.221. The molecule has 3 heterocycles. The summed E-state index contributed by atoms with van der Waals surface area (Å²) in [6, 6.07) is 11.0. The maximum Gasteiger partial charge on any atom is 0.335 e. The van der Waals surface area contributed by atoms with Gasteiger partial charge in [0.05, 0.1) is 28.3 Å². The molecule has 0 amide bonds. The highest BCUT2D eigenvalue weighted by molar-refractivity contribution is 5.94. The fourth-order valence-corrected chi connectivity index (χ4v) is 3.79. The van der Waals surface area contributed by atoms with E-state index in [1.165, 1.54) is 6.42 Å². The van der Waals surface area contributed by atoms with Crippen molar-refractivity contribution in [2.45, 2.75) is 19.3 Å². The fraction of sp³-hybridized carbons (Fsp3) is 0.238. The Balaban J connectivity index is 1.72. The standard InChI is InChI=1S/C21H19N5O2/c27-21(28)14-5-7-17-18(11-14)24-20(26-8-2-1-3-9-26)19(23-17)13-4-6-16-15(10-13)12-22-25-16/h4-7,10-12H,1-3,8-9H2,(H,22,25)(H,27,28). The molecule has 0 atom stereocenters. The molecule has 2 aromatic carbocycles. The van der Waals surface area contributed by atoms with Crippen LogP contribution in [0.5, 0.6) is 0 Å². The van der Waals surface area contributed by atoms with Crippen LogP contribution in [-0.4, -0.2) is 44.3 Å². The summed E-state index contributed by atoms with van der Waals surface area (Å²) < 4.78 is 0. The van der Waals surface area contributed by atoms with Crippen molar-refractivity contribution in [3.8, 4) is 11.3 Å². The van der Waals surface area contributed by atoms with Crippen LogP contribution in [0, 0.1) is 0 Å². The van der Waals surface area contributed by atoms with Gasteiger partial charge < -0.3 is 10.0 Å². The van der Waals surface area contributed by atoms with Gasteiger partial charge in [-0.25, -0.2) is 14.8 Å². The Morgan fingerprint density at radius 1 is 1.00 bits per heavy atom. The molecule has 1 fully saturated rings. The summed E-state index contributed by atoms with van der Waals surface area (Å²) >= 11 is 0. The zero-order valence-electron chi connectivity index (χ0n) is 15.2. The Bertz CT molecular complexity index is 1190. The molecule has 0 aliphatic carbocycles. The number of hydrogen-bond donors (Lipinski definition) is 2. The molecule has 7 heteroatoms. The molecule has 0 unspecified atom stereocenters. The number of piperidine rings is 1. The highest BCUT2D eigenvalue weighted by Gasteiger charge is 2.20. The summed E-state index contributed by atoms with van der Waals surface area (Å²) in [4.78, 5) is 23.4. The number of benzene rings is 2. The Morgan fingerprint density at radius 2 is 1.86 bits per heavy atom. The molecule has 1 aliphatic heterocycles. The van der Waals surface area contributed by atoms with E-state index in [0.717, 1.165) is 53.9 Å². The lowest BCUT2D eigenvalue weighted by molar-refractivity contribution is 0.0697. The third-order valence-corrected chi connectivity index (χ3v) is 5.26. The van der Waals surface area contributed by atoms with Crippen LogP contribution < -0.4 is 4.90 Å². The van der Waals surface area contributed by atoms with E-state index in [4.69, 9.17) is 9.97 Å². The van der Waals surface area contributed by atoms with E-state index < -0.39 is 5.97 Å². The van der Waals surface area contributed by atoms with Crippen molar-refractivity contribution in [1.29, 1.82) is 0 Å². The van der Waals surface area contributed by atoms with E-state index in [0.29, 0.717) is 11.0 Å². The zero-order valence-corrected chi connectivity index (χ0v) is 15.2. The van der Waals surface area contributed by atoms with Crippen molar-refractivity contribution >= 4 is 33.7 Å². The number of aromatic amines is 1. The summed E-state index contributed by atoms with van der Waals surface area (Å²) in [6.45, 7) is 1.86. The first-order valence-corrected chi connectivity index (χ1v) is 9.42. The molecule has 28 heavy (non-hydrogen) atoms. The van der Waals surface area contributed by atoms with Crippen molar-refractivity contribution in [1.82, 2.24) is 20.2 Å². The Hall–Kier alpha value is -3.48. The van der Waals surface area contributed by atoms with E-state index in [1.807, 2.05) is 12.1 Å². The van der Waals surface area contributed by atoms with Crippen LogP contribution in [0.3, 0.4) is 0 Å². The molecule has 5 rings (SSSR count). The van der Waals surface area contributed by atoms with Crippen LogP contribution in [0.1, 0.15) is 29.6 Å². The predicted octanol–water partition coefficient (Wildman–Crippen LogP) is 3.86. The summed E-state index contributed by atoms with van der Waals surface area (Å²) in [6.07, 6.45) is 5.26. The third kappa shape index (κ3) is 2.85. The largest absolute Gasteiger partial charge is 0.478 e. The number of H-pyrrole nitrogens is 1. The van der Waals surface area contributed by atoms with Crippen LogP contribution >= 0.6 is 0 Å². The van der Waals surface area contributed by atoms with Gasteiger partial charge in [0, 0.05) is 24.0 Å². The van der Waals surface area contributed by atoms with E-state index in [-0.39, 0.29) is 5.56 Å². The molecule has 4 aromatic rings. The van der Waals surface area contributed by atoms with E-state index in [2.05, 4.69) is 21.2 Å². The summed E-state index contributed by atoms with van der Waals surface area (Å²) in [7, 11) is 0. The van der Waals surface area contributed by atoms with Gasteiger partial charge in [-0.15, -0.1) is 0 Å². The number of anilines is 1. The van der Waals surface area contributed by atoms with Crippen molar-refractivity contribution in [2.24, 2.45) is 0 Å². The van der Waals surface area contributed by atoms with Crippen LogP contribution in [-0.2, 0) is 0 Å². The molecule has 0 spiro atoms. The predicted molar refractivity (Wildman–Crippen MR) is 108 cm³/mol. The zero-order chi connectivity index (χ0) is 19.1. The summed E-state index contributed by atoms with van der Waals surface area (Å²) in [5, 5.41) is 17.4. The SMILES string of the molecule is O=C(O)c1ccc2nc(-c3ccc4[nH]ncc4c3)c(N3CCCCC3)nc2c1. The number of carbonyl (C=O) groups is 1. The van der Waals surface area contributed by atoms with Gasteiger partial charge in [-0.2, -0.15) is 5.10 Å². The lowest BCUT2D eigenvalue weighted by Gasteiger charge is -2.29. The normalized spacial score (nSPS) is 14.6. The average molecular weight is 373 g/mol. The third-order valence-electron chi connectivity index (χ3n) is 5.26. The molecular weight excluding hydrogens is 354 g/mol. The second kappa shape index (κ2) is 6.60. The number of nitrogens with zero attached hydrogens (tertiary/aromatic N) is 4. The number of aromatic nitrogens is 4.